The van der Waals surface area contributed by atoms with Crippen LogP contribution in [0.25, 0.3) is 0 Å². The van der Waals surface area contributed by atoms with Crippen molar-refractivity contribution in [3.63, 3.8) is 0 Å². The largest absolute Gasteiger partial charge is 0.127 e. The van der Waals surface area contributed by atoms with E-state index in [-0.39, 0.29) is 17.4 Å². The summed E-state index contributed by atoms with van der Waals surface area (Å²) in [5.74, 6) is 1.58. The van der Waals surface area contributed by atoms with Gasteiger partial charge in [-0.05, 0) is 12.8 Å². The Hall–Kier alpha value is 1.11. The molecule has 0 fully saturated rings. The van der Waals surface area contributed by atoms with Crippen LogP contribution in [0.5, 0.6) is 0 Å². The first-order valence-corrected chi connectivity index (χ1v) is 4.02. The maximum absolute atomic E-state index is 5.19. The van der Waals surface area contributed by atoms with Gasteiger partial charge in [-0.15, -0.1) is 23.2 Å². The van der Waals surface area contributed by atoms with Crippen molar-refractivity contribution >= 4 is 40.6 Å². The Labute approximate surface area is 79.0 Å². The van der Waals surface area contributed by atoms with Crippen LogP contribution >= 0.6 is 23.2 Å². The summed E-state index contributed by atoms with van der Waals surface area (Å²) in [7, 11) is 0. The molecule has 0 aromatic heterocycles. The first-order chi connectivity index (χ1) is 3.83. The zero-order valence-corrected chi connectivity index (χ0v) is 8.83. The van der Waals surface area contributed by atoms with Gasteiger partial charge in [0.05, 0.1) is 0 Å². The van der Waals surface area contributed by atoms with Gasteiger partial charge in [0.15, 0.2) is 0 Å². The number of alkyl halides is 2. The van der Waals surface area contributed by atoms with Gasteiger partial charge in [0.25, 0.3) is 0 Å². The van der Waals surface area contributed by atoms with Crippen molar-refractivity contribution in [1.82, 2.24) is 0 Å². The van der Waals surface area contributed by atoms with Crippen molar-refractivity contribution < 1.29 is 0 Å². The highest BCUT2D eigenvalue weighted by Gasteiger charge is 1.59. The highest BCUT2D eigenvalue weighted by molar-refractivity contribution is 6.18. The van der Waals surface area contributed by atoms with E-state index < -0.39 is 0 Å². The standard InChI is InChI=1S/2C3H7Cl.Al/c2*1-2-3-4;/h2*2-3H2,1H3;. The van der Waals surface area contributed by atoms with Crippen LogP contribution in [0, 0.1) is 0 Å². The van der Waals surface area contributed by atoms with Gasteiger partial charge in [0.2, 0.25) is 0 Å². The van der Waals surface area contributed by atoms with Gasteiger partial charge >= 0.3 is 0 Å². The Bertz CT molecular complexity index is 19.0. The van der Waals surface area contributed by atoms with Crippen LogP contribution < -0.4 is 0 Å². The van der Waals surface area contributed by atoms with Crippen LogP contribution in [0.4, 0.5) is 0 Å². The maximum Gasteiger partial charge on any atom is 0.0220 e. The van der Waals surface area contributed by atoms with E-state index in [1.807, 2.05) is 13.8 Å². The van der Waals surface area contributed by atoms with Gasteiger partial charge in [-0.1, -0.05) is 13.8 Å². The summed E-state index contributed by atoms with van der Waals surface area (Å²) in [6.07, 6.45) is 2.17. The quantitative estimate of drug-likeness (QED) is 0.457. The maximum atomic E-state index is 5.19. The van der Waals surface area contributed by atoms with Gasteiger partial charge in [-0.25, -0.2) is 0 Å². The number of rotatable bonds is 2. The molecule has 0 unspecified atom stereocenters. The molecule has 0 saturated heterocycles. The lowest BCUT2D eigenvalue weighted by molar-refractivity contribution is 1.10. The minimum absolute atomic E-state index is 0. The third-order valence-corrected chi connectivity index (χ3v) is 1.13. The van der Waals surface area contributed by atoms with Crippen LogP contribution in [0.2, 0.25) is 0 Å². The number of halogens is 2. The predicted molar refractivity (Wildman–Crippen MR) is 47.8 cm³/mol. The normalized spacial score (nSPS) is 6.67. The first kappa shape index (κ1) is 16.6. The SMILES string of the molecule is CCCCl.CCCCl.[Al]. The predicted octanol–water partition coefficient (Wildman–Crippen LogP) is 2.89. The van der Waals surface area contributed by atoms with Crippen molar-refractivity contribution in [2.24, 2.45) is 0 Å². The molecule has 0 aliphatic heterocycles. The molecule has 0 spiro atoms. The second-order valence-corrected chi connectivity index (χ2v) is 2.13. The summed E-state index contributed by atoms with van der Waals surface area (Å²) < 4.78 is 0. The Kier molecular flexibility index (Phi) is 42.3. The van der Waals surface area contributed by atoms with Crippen molar-refractivity contribution in [1.29, 1.82) is 0 Å². The summed E-state index contributed by atoms with van der Waals surface area (Å²) >= 11 is 10.4. The Morgan fingerprint density at radius 3 is 1.00 bits per heavy atom. The van der Waals surface area contributed by atoms with E-state index in [1.54, 1.807) is 0 Å². The molecule has 0 atom stereocenters. The van der Waals surface area contributed by atoms with E-state index in [0.717, 1.165) is 24.6 Å². The monoisotopic (exact) mass is 183 g/mol. The molecule has 0 aliphatic carbocycles. The average molecular weight is 184 g/mol. The highest BCUT2D eigenvalue weighted by atomic mass is 35.5. The van der Waals surface area contributed by atoms with Crippen LogP contribution in [0.3, 0.4) is 0 Å². The van der Waals surface area contributed by atoms with Crippen molar-refractivity contribution in [3.8, 4) is 0 Å². The summed E-state index contributed by atoms with van der Waals surface area (Å²) in [6.45, 7) is 4.10. The Balaban J connectivity index is -0.0000000720. The van der Waals surface area contributed by atoms with Crippen molar-refractivity contribution in [3.05, 3.63) is 0 Å². The molecule has 0 bridgehead atoms. The molecule has 3 heteroatoms. The minimum Gasteiger partial charge on any atom is -0.127 e. The van der Waals surface area contributed by atoms with Crippen LogP contribution in [-0.2, 0) is 0 Å². The van der Waals surface area contributed by atoms with E-state index in [9.17, 15) is 0 Å². The molecule has 0 saturated carbocycles. The lowest BCUT2D eigenvalue weighted by Gasteiger charge is -1.65. The molecule has 0 aromatic carbocycles. The van der Waals surface area contributed by atoms with Gasteiger partial charge in [-0.2, -0.15) is 0 Å². The minimum atomic E-state index is 0. The summed E-state index contributed by atoms with van der Waals surface area (Å²) in [6, 6.07) is 0. The van der Waals surface area contributed by atoms with Crippen molar-refractivity contribution in [2.75, 3.05) is 11.8 Å². The van der Waals surface area contributed by atoms with E-state index in [2.05, 4.69) is 0 Å². The molecule has 0 N–H and O–H groups in total. The van der Waals surface area contributed by atoms with Crippen LogP contribution in [0.1, 0.15) is 26.7 Å². The van der Waals surface area contributed by atoms with Crippen LogP contribution in [-0.4, -0.2) is 29.1 Å². The third kappa shape index (κ3) is 47.6. The fourth-order valence-corrected chi connectivity index (χ4v) is 0. The molecule has 0 aliphatic rings. The smallest absolute Gasteiger partial charge is 0.0220 e. The van der Waals surface area contributed by atoms with Crippen LogP contribution in [0.15, 0.2) is 0 Å². The second-order valence-electron chi connectivity index (χ2n) is 1.38. The first-order valence-electron chi connectivity index (χ1n) is 2.95. The number of hydrogen-bond acceptors (Lipinski definition) is 0. The van der Waals surface area contributed by atoms with Gasteiger partial charge in [-0.3, -0.25) is 0 Å². The highest BCUT2D eigenvalue weighted by Crippen LogP contribution is 1.76. The van der Waals surface area contributed by atoms with Gasteiger partial charge < -0.3 is 0 Å². The molecule has 0 heterocycles. The molecule has 0 amide bonds. The zero-order chi connectivity index (χ0) is 6.83. The van der Waals surface area contributed by atoms with E-state index in [0.29, 0.717) is 0 Å². The third-order valence-electron chi connectivity index (χ3n) is 0.378. The summed E-state index contributed by atoms with van der Waals surface area (Å²) in [5.41, 5.74) is 0. The molecular weight excluding hydrogens is 170 g/mol. The second kappa shape index (κ2) is 22.9. The molecule has 0 aromatic rings. The van der Waals surface area contributed by atoms with Crippen molar-refractivity contribution in [2.45, 2.75) is 26.7 Å². The molecule has 55 valence electrons. The molecule has 0 nitrogen and oxygen atoms in total. The lowest BCUT2D eigenvalue weighted by Crippen LogP contribution is -1.55. The van der Waals surface area contributed by atoms with E-state index in [1.165, 1.54) is 0 Å². The summed E-state index contributed by atoms with van der Waals surface area (Å²) in [4.78, 5) is 0. The lowest BCUT2D eigenvalue weighted by atomic mass is 10.6. The number of hydrogen-bond donors (Lipinski definition) is 0. The van der Waals surface area contributed by atoms with E-state index in [4.69, 9.17) is 23.2 Å². The van der Waals surface area contributed by atoms with Gasteiger partial charge in [0, 0.05) is 29.1 Å². The molecular formula is C6H14AlCl2. The molecule has 9 heavy (non-hydrogen) atoms. The Morgan fingerprint density at radius 1 is 0.889 bits per heavy atom. The summed E-state index contributed by atoms with van der Waals surface area (Å²) in [5, 5.41) is 0. The van der Waals surface area contributed by atoms with E-state index >= 15 is 0 Å². The fourth-order valence-electron chi connectivity index (χ4n) is 0. The zero-order valence-electron chi connectivity index (χ0n) is 6.16. The van der Waals surface area contributed by atoms with Gasteiger partial charge in [0.1, 0.15) is 0 Å². The average Bonchev–Trinajstić information content (AvgIpc) is 1.88. The fraction of sp³-hybridized carbons (Fsp3) is 1.00. The molecule has 3 radical (unpaired) electrons. The molecule has 0 rings (SSSR count). The topological polar surface area (TPSA) is 0 Å². The Morgan fingerprint density at radius 2 is 1.00 bits per heavy atom.